The maximum absolute atomic E-state index is 12.8. The highest BCUT2D eigenvalue weighted by Gasteiger charge is 2.19. The molecule has 0 saturated heterocycles. The predicted molar refractivity (Wildman–Crippen MR) is 113 cm³/mol. The van der Waals surface area contributed by atoms with Crippen LogP contribution in [0.5, 0.6) is 0 Å². The Labute approximate surface area is 170 Å². The second-order valence-corrected chi connectivity index (χ2v) is 6.92. The van der Waals surface area contributed by atoms with Gasteiger partial charge in [-0.2, -0.15) is 5.10 Å². The Balaban J connectivity index is 1.96. The molecule has 2 aromatic heterocycles. The quantitative estimate of drug-likeness (QED) is 0.714. The second kappa shape index (κ2) is 9.29. The van der Waals surface area contributed by atoms with Crippen molar-refractivity contribution in [3.05, 3.63) is 59.7 Å². The first-order chi connectivity index (χ1) is 14.0. The zero-order valence-electron chi connectivity index (χ0n) is 17.0. The molecule has 2 aromatic rings. The molecule has 152 valence electrons. The van der Waals surface area contributed by atoms with Crippen LogP contribution in [0.4, 0.5) is 5.69 Å². The van der Waals surface area contributed by atoms with Crippen LogP contribution in [0, 0.1) is 0 Å². The summed E-state index contributed by atoms with van der Waals surface area (Å²) in [6.45, 7) is 4.02. The van der Waals surface area contributed by atoms with Crippen LogP contribution in [0.2, 0.25) is 0 Å². The lowest BCUT2D eigenvalue weighted by molar-refractivity contribution is 0.0945. The number of aryl methyl sites for hydroxylation is 1. The van der Waals surface area contributed by atoms with Gasteiger partial charge in [-0.05, 0) is 38.1 Å². The molecule has 1 aliphatic rings. The Morgan fingerprint density at radius 3 is 2.69 bits per heavy atom. The highest BCUT2D eigenvalue weighted by atomic mass is 16.2. The number of nitrogens with zero attached hydrogens (tertiary/aromatic N) is 4. The third kappa shape index (κ3) is 5.17. The monoisotopic (exact) mass is 394 g/mol. The molecular weight excluding hydrogens is 368 g/mol. The molecule has 2 bridgehead atoms. The summed E-state index contributed by atoms with van der Waals surface area (Å²) in [5, 5.41) is 9.82. The molecule has 8 nitrogen and oxygen atoms in total. The lowest BCUT2D eigenvalue weighted by Gasteiger charge is -2.15. The molecule has 0 radical (unpaired) electrons. The molecule has 0 atom stereocenters. The Hall–Kier alpha value is -3.26. The van der Waals surface area contributed by atoms with E-state index in [1.165, 1.54) is 4.68 Å². The molecule has 0 saturated carbocycles. The van der Waals surface area contributed by atoms with Crippen molar-refractivity contribution in [2.75, 3.05) is 32.0 Å². The normalized spacial score (nSPS) is 19.2. The number of fused-ring (bicyclic) bond motifs is 3. The SMILES string of the molecule is C/C=C1\C=C/CCN(C)CCNC(=O)c2nn(C)cc2NC(=O)c2cccc1n2. The molecule has 3 rings (SSSR count). The van der Waals surface area contributed by atoms with Gasteiger partial charge in [-0.15, -0.1) is 0 Å². The van der Waals surface area contributed by atoms with Gasteiger partial charge in [0.25, 0.3) is 11.8 Å². The van der Waals surface area contributed by atoms with E-state index in [9.17, 15) is 9.59 Å². The largest absolute Gasteiger partial charge is 0.349 e. The molecule has 8 heteroatoms. The van der Waals surface area contributed by atoms with Gasteiger partial charge in [-0.1, -0.05) is 24.3 Å². The number of carbonyl (C=O) groups excluding carboxylic acids is 2. The van der Waals surface area contributed by atoms with E-state index in [1.807, 2.05) is 32.2 Å². The highest BCUT2D eigenvalue weighted by molar-refractivity contribution is 6.07. The summed E-state index contributed by atoms with van der Waals surface area (Å²) in [5.74, 6) is -0.714. The van der Waals surface area contributed by atoms with Crippen molar-refractivity contribution in [2.45, 2.75) is 13.3 Å². The van der Waals surface area contributed by atoms with Crippen LogP contribution in [0.25, 0.3) is 5.57 Å². The molecule has 2 amide bonds. The minimum absolute atomic E-state index is 0.180. The molecule has 0 spiro atoms. The number of hydrogen-bond acceptors (Lipinski definition) is 5. The van der Waals surface area contributed by atoms with Crippen LogP contribution in [0.3, 0.4) is 0 Å². The third-order valence-corrected chi connectivity index (χ3v) is 4.63. The van der Waals surface area contributed by atoms with Crippen molar-refractivity contribution in [3.63, 3.8) is 0 Å². The predicted octanol–water partition coefficient (Wildman–Crippen LogP) is 2.09. The van der Waals surface area contributed by atoms with Crippen LogP contribution in [-0.4, -0.2) is 58.2 Å². The number of pyridine rings is 1. The number of carbonyl (C=O) groups is 2. The minimum atomic E-state index is -0.391. The van der Waals surface area contributed by atoms with Gasteiger partial charge in [-0.25, -0.2) is 4.98 Å². The summed E-state index contributed by atoms with van der Waals surface area (Å²) in [5.41, 5.74) is 2.48. The van der Waals surface area contributed by atoms with Gasteiger partial charge in [0, 0.05) is 32.9 Å². The van der Waals surface area contributed by atoms with Gasteiger partial charge in [0.1, 0.15) is 5.69 Å². The summed E-state index contributed by atoms with van der Waals surface area (Å²) in [6.07, 6.45) is 8.57. The van der Waals surface area contributed by atoms with E-state index in [0.29, 0.717) is 18.8 Å². The Morgan fingerprint density at radius 1 is 1.10 bits per heavy atom. The van der Waals surface area contributed by atoms with Gasteiger partial charge in [0.2, 0.25) is 0 Å². The highest BCUT2D eigenvalue weighted by Crippen LogP contribution is 2.17. The van der Waals surface area contributed by atoms with Crippen LogP contribution >= 0.6 is 0 Å². The zero-order chi connectivity index (χ0) is 20.8. The average Bonchev–Trinajstić information content (AvgIpc) is 3.07. The Kier molecular flexibility index (Phi) is 6.56. The van der Waals surface area contributed by atoms with E-state index in [2.05, 4.69) is 31.7 Å². The van der Waals surface area contributed by atoms with Crippen molar-refractivity contribution in [1.29, 1.82) is 0 Å². The van der Waals surface area contributed by atoms with Crippen LogP contribution < -0.4 is 10.6 Å². The molecule has 0 unspecified atom stereocenters. The number of aromatic nitrogens is 3. The molecular formula is C21H26N6O2. The maximum atomic E-state index is 12.8. The van der Waals surface area contributed by atoms with Crippen LogP contribution in [-0.2, 0) is 7.05 Å². The lowest BCUT2D eigenvalue weighted by atomic mass is 10.1. The summed E-state index contributed by atoms with van der Waals surface area (Å²) in [7, 11) is 3.72. The smallest absolute Gasteiger partial charge is 0.274 e. The third-order valence-electron chi connectivity index (χ3n) is 4.63. The molecule has 0 aromatic carbocycles. The first kappa shape index (κ1) is 20.5. The maximum Gasteiger partial charge on any atom is 0.274 e. The van der Waals surface area contributed by atoms with Gasteiger partial charge >= 0.3 is 0 Å². The van der Waals surface area contributed by atoms with Crippen molar-refractivity contribution in [1.82, 2.24) is 25.0 Å². The molecule has 1 aliphatic heterocycles. The molecule has 29 heavy (non-hydrogen) atoms. The minimum Gasteiger partial charge on any atom is -0.349 e. The molecule has 3 heterocycles. The standard InChI is InChI=1S/C21H26N6O2/c1-4-15-8-5-6-12-26(2)13-11-22-21(29)19-18(14-27(3)25-19)24-20(28)17-10-7-9-16(15)23-17/h4-5,7-10,14H,6,11-13H2,1-3H3,(H,22,29)(H,24,28)/b8-5-,15-4+. The van der Waals surface area contributed by atoms with E-state index in [0.717, 1.165) is 24.2 Å². The zero-order valence-corrected chi connectivity index (χ0v) is 17.0. The summed E-state index contributed by atoms with van der Waals surface area (Å²) < 4.78 is 1.50. The topological polar surface area (TPSA) is 92.2 Å². The fourth-order valence-corrected chi connectivity index (χ4v) is 3.05. The summed E-state index contributed by atoms with van der Waals surface area (Å²) in [6, 6.07) is 5.32. The van der Waals surface area contributed by atoms with Crippen molar-refractivity contribution >= 4 is 23.1 Å². The van der Waals surface area contributed by atoms with Crippen molar-refractivity contribution in [2.24, 2.45) is 7.05 Å². The van der Waals surface area contributed by atoms with E-state index in [4.69, 9.17) is 0 Å². The van der Waals surface area contributed by atoms with E-state index in [-0.39, 0.29) is 17.3 Å². The summed E-state index contributed by atoms with van der Waals surface area (Å²) in [4.78, 5) is 32.0. The van der Waals surface area contributed by atoms with E-state index >= 15 is 0 Å². The number of hydrogen-bond donors (Lipinski definition) is 2. The van der Waals surface area contributed by atoms with Crippen LogP contribution in [0.15, 0.2) is 42.6 Å². The first-order valence-corrected chi connectivity index (χ1v) is 9.60. The van der Waals surface area contributed by atoms with Crippen molar-refractivity contribution < 1.29 is 9.59 Å². The lowest BCUT2D eigenvalue weighted by Crippen LogP contribution is -2.34. The molecule has 0 fully saturated rings. The second-order valence-electron chi connectivity index (χ2n) is 6.92. The van der Waals surface area contributed by atoms with Crippen molar-refractivity contribution in [3.8, 4) is 0 Å². The fourth-order valence-electron chi connectivity index (χ4n) is 3.05. The number of rotatable bonds is 0. The van der Waals surface area contributed by atoms with Gasteiger partial charge in [-0.3, -0.25) is 14.3 Å². The van der Waals surface area contributed by atoms with E-state index in [1.54, 1.807) is 25.4 Å². The molecule has 0 aliphatic carbocycles. The number of amides is 2. The summed E-state index contributed by atoms with van der Waals surface area (Å²) >= 11 is 0. The first-order valence-electron chi connectivity index (χ1n) is 9.60. The van der Waals surface area contributed by atoms with E-state index < -0.39 is 5.91 Å². The van der Waals surface area contributed by atoms with Gasteiger partial charge in [0.15, 0.2) is 5.69 Å². The Morgan fingerprint density at radius 2 is 1.90 bits per heavy atom. The number of likely N-dealkylation sites (N-methyl/N-ethyl adjacent to an activating group) is 1. The Bertz CT molecular complexity index is 960. The average molecular weight is 394 g/mol. The fraction of sp³-hybridized carbons (Fsp3) is 0.333. The van der Waals surface area contributed by atoms with Gasteiger partial charge in [0.05, 0.1) is 11.4 Å². The number of allylic oxidation sites excluding steroid dienone is 3. The van der Waals surface area contributed by atoms with Gasteiger partial charge < -0.3 is 15.5 Å². The number of anilines is 1. The number of nitrogens with one attached hydrogen (secondary N) is 2. The molecule has 2 N–H and O–H groups in total. The van der Waals surface area contributed by atoms with Crippen LogP contribution in [0.1, 0.15) is 40.0 Å².